The fraction of sp³-hybridized carbons (Fsp3) is 0.933. The Morgan fingerprint density at radius 2 is 1.95 bits per heavy atom. The molecular formula is C15H29N3O. The molecule has 0 spiro atoms. The number of hydrogen-bond acceptors (Lipinski definition) is 3. The molecule has 2 saturated heterocycles. The van der Waals surface area contributed by atoms with Crippen LogP contribution in [0.2, 0.25) is 0 Å². The van der Waals surface area contributed by atoms with Crippen molar-refractivity contribution in [1.82, 2.24) is 15.1 Å². The average molecular weight is 267 g/mol. The van der Waals surface area contributed by atoms with Crippen LogP contribution in [0.4, 0.5) is 0 Å². The Bertz CT molecular complexity index is 277. The minimum absolute atomic E-state index is 0.370. The van der Waals surface area contributed by atoms with Gasteiger partial charge in [-0.25, -0.2) is 0 Å². The molecule has 0 bridgehead atoms. The number of carbonyl (C=O) groups excluding carboxylic acids is 1. The quantitative estimate of drug-likeness (QED) is 0.740. The Morgan fingerprint density at radius 1 is 1.16 bits per heavy atom. The first-order valence-electron chi connectivity index (χ1n) is 7.97. The Hall–Kier alpha value is -0.610. The molecule has 0 radical (unpaired) electrons. The predicted molar refractivity (Wildman–Crippen MR) is 78.2 cm³/mol. The van der Waals surface area contributed by atoms with E-state index in [2.05, 4.69) is 15.1 Å². The first-order chi connectivity index (χ1) is 9.31. The van der Waals surface area contributed by atoms with Crippen LogP contribution >= 0.6 is 0 Å². The Balaban J connectivity index is 1.77. The lowest BCUT2D eigenvalue weighted by atomic mass is 10.1. The maximum Gasteiger partial charge on any atom is 0.222 e. The smallest absolute Gasteiger partial charge is 0.222 e. The third-order valence-corrected chi connectivity index (χ3v) is 4.43. The highest BCUT2D eigenvalue weighted by molar-refractivity contribution is 5.76. The summed E-state index contributed by atoms with van der Waals surface area (Å²) in [6.45, 7) is 5.50. The summed E-state index contributed by atoms with van der Waals surface area (Å²) in [6, 6.07) is 0.486. The van der Waals surface area contributed by atoms with Crippen LogP contribution in [0.3, 0.4) is 0 Å². The van der Waals surface area contributed by atoms with Crippen molar-refractivity contribution in [2.75, 3.05) is 39.8 Å². The van der Waals surface area contributed by atoms with Crippen LogP contribution in [-0.4, -0.2) is 61.5 Å². The van der Waals surface area contributed by atoms with Gasteiger partial charge < -0.3 is 15.1 Å². The number of amides is 1. The van der Waals surface area contributed by atoms with Crippen molar-refractivity contribution in [2.24, 2.45) is 0 Å². The molecule has 0 aromatic heterocycles. The molecular weight excluding hydrogens is 238 g/mol. The fourth-order valence-corrected chi connectivity index (χ4v) is 3.35. The molecule has 0 saturated carbocycles. The number of carbonyl (C=O) groups is 1. The second kappa shape index (κ2) is 7.85. The lowest BCUT2D eigenvalue weighted by Crippen LogP contribution is -2.44. The first kappa shape index (κ1) is 14.8. The molecule has 2 aliphatic rings. The number of nitrogens with zero attached hydrogens (tertiary/aromatic N) is 2. The van der Waals surface area contributed by atoms with Gasteiger partial charge in [0.2, 0.25) is 5.91 Å². The highest BCUT2D eigenvalue weighted by Crippen LogP contribution is 2.21. The molecule has 2 fully saturated rings. The molecule has 2 heterocycles. The molecule has 0 aromatic carbocycles. The van der Waals surface area contributed by atoms with Gasteiger partial charge in [-0.05, 0) is 58.8 Å². The molecule has 4 heteroatoms. The number of rotatable bonds is 6. The van der Waals surface area contributed by atoms with Gasteiger partial charge >= 0.3 is 0 Å². The van der Waals surface area contributed by atoms with Gasteiger partial charge in [0.15, 0.2) is 0 Å². The van der Waals surface area contributed by atoms with Crippen LogP contribution in [0.15, 0.2) is 0 Å². The minimum atomic E-state index is 0.370. The van der Waals surface area contributed by atoms with E-state index in [9.17, 15) is 4.79 Å². The largest absolute Gasteiger partial charge is 0.338 e. The number of likely N-dealkylation sites (tertiary alicyclic amines) is 2. The molecule has 2 rings (SSSR count). The standard InChI is InChI=1S/C15H29N3O/c1-16-9-5-8-15(19)18-12-6-7-14(18)13-17-10-3-2-4-11-17/h14,16H,2-13H2,1H3. The summed E-state index contributed by atoms with van der Waals surface area (Å²) >= 11 is 0. The lowest BCUT2D eigenvalue weighted by Gasteiger charge is -2.33. The second-order valence-electron chi connectivity index (χ2n) is 5.95. The van der Waals surface area contributed by atoms with Crippen LogP contribution in [-0.2, 0) is 4.79 Å². The minimum Gasteiger partial charge on any atom is -0.338 e. The molecule has 1 atom stereocenters. The summed E-state index contributed by atoms with van der Waals surface area (Å²) in [5.74, 6) is 0.370. The zero-order valence-corrected chi connectivity index (χ0v) is 12.4. The van der Waals surface area contributed by atoms with Crippen LogP contribution in [0.25, 0.3) is 0 Å². The van der Waals surface area contributed by atoms with E-state index in [1.165, 1.54) is 45.2 Å². The Kier molecular flexibility index (Phi) is 6.11. The molecule has 19 heavy (non-hydrogen) atoms. The van der Waals surface area contributed by atoms with Crippen molar-refractivity contribution in [3.05, 3.63) is 0 Å². The van der Waals surface area contributed by atoms with Crippen molar-refractivity contribution in [1.29, 1.82) is 0 Å². The molecule has 0 aliphatic carbocycles. The van der Waals surface area contributed by atoms with E-state index in [4.69, 9.17) is 0 Å². The number of piperidine rings is 1. The van der Waals surface area contributed by atoms with E-state index in [1.54, 1.807) is 0 Å². The summed E-state index contributed by atoms with van der Waals surface area (Å²) < 4.78 is 0. The van der Waals surface area contributed by atoms with E-state index < -0.39 is 0 Å². The van der Waals surface area contributed by atoms with Crippen molar-refractivity contribution in [3.63, 3.8) is 0 Å². The summed E-state index contributed by atoms with van der Waals surface area (Å²) in [5, 5.41) is 3.11. The van der Waals surface area contributed by atoms with Gasteiger partial charge in [-0.15, -0.1) is 0 Å². The molecule has 110 valence electrons. The van der Waals surface area contributed by atoms with Gasteiger partial charge in [0.25, 0.3) is 0 Å². The Morgan fingerprint density at radius 3 is 2.68 bits per heavy atom. The van der Waals surface area contributed by atoms with Crippen LogP contribution in [0, 0.1) is 0 Å². The molecule has 1 unspecified atom stereocenters. The zero-order chi connectivity index (χ0) is 13.5. The molecule has 4 nitrogen and oxygen atoms in total. The van der Waals surface area contributed by atoms with E-state index in [1.807, 2.05) is 7.05 Å². The molecule has 1 N–H and O–H groups in total. The topological polar surface area (TPSA) is 35.6 Å². The number of nitrogens with one attached hydrogen (secondary N) is 1. The zero-order valence-electron chi connectivity index (χ0n) is 12.4. The predicted octanol–water partition coefficient (Wildman–Crippen LogP) is 1.46. The normalized spacial score (nSPS) is 24.9. The van der Waals surface area contributed by atoms with Gasteiger partial charge in [-0.2, -0.15) is 0 Å². The SMILES string of the molecule is CNCCCC(=O)N1CCCC1CN1CCCCC1. The van der Waals surface area contributed by atoms with Gasteiger partial charge in [-0.3, -0.25) is 4.79 Å². The van der Waals surface area contributed by atoms with E-state index in [-0.39, 0.29) is 0 Å². The maximum atomic E-state index is 12.3. The number of hydrogen-bond donors (Lipinski definition) is 1. The lowest BCUT2D eigenvalue weighted by molar-refractivity contribution is -0.132. The van der Waals surface area contributed by atoms with E-state index in [0.29, 0.717) is 18.4 Å². The highest BCUT2D eigenvalue weighted by atomic mass is 16.2. The molecule has 2 aliphatic heterocycles. The summed E-state index contributed by atoms with van der Waals surface area (Å²) in [4.78, 5) is 17.0. The van der Waals surface area contributed by atoms with Gasteiger partial charge in [-0.1, -0.05) is 6.42 Å². The fourth-order valence-electron chi connectivity index (χ4n) is 3.35. The second-order valence-corrected chi connectivity index (χ2v) is 5.95. The van der Waals surface area contributed by atoms with Crippen LogP contribution in [0.5, 0.6) is 0 Å². The Labute approximate surface area is 117 Å². The third kappa shape index (κ3) is 4.46. The van der Waals surface area contributed by atoms with Gasteiger partial charge in [0, 0.05) is 25.6 Å². The monoisotopic (exact) mass is 267 g/mol. The van der Waals surface area contributed by atoms with Crippen molar-refractivity contribution < 1.29 is 4.79 Å². The van der Waals surface area contributed by atoms with Crippen LogP contribution in [0.1, 0.15) is 44.9 Å². The summed E-state index contributed by atoms with van der Waals surface area (Å²) in [6.07, 6.45) is 8.11. The van der Waals surface area contributed by atoms with Crippen LogP contribution < -0.4 is 5.32 Å². The van der Waals surface area contributed by atoms with Gasteiger partial charge in [0.1, 0.15) is 0 Å². The molecule has 0 aromatic rings. The average Bonchev–Trinajstić information content (AvgIpc) is 2.88. The van der Waals surface area contributed by atoms with Crippen molar-refractivity contribution in [3.8, 4) is 0 Å². The molecule has 1 amide bonds. The first-order valence-corrected chi connectivity index (χ1v) is 7.97. The maximum absolute atomic E-state index is 12.3. The van der Waals surface area contributed by atoms with E-state index in [0.717, 1.165) is 26.1 Å². The van der Waals surface area contributed by atoms with Crippen molar-refractivity contribution in [2.45, 2.75) is 51.0 Å². The summed E-state index contributed by atoms with van der Waals surface area (Å²) in [5.41, 5.74) is 0. The summed E-state index contributed by atoms with van der Waals surface area (Å²) in [7, 11) is 1.94. The third-order valence-electron chi connectivity index (χ3n) is 4.43. The van der Waals surface area contributed by atoms with Crippen molar-refractivity contribution >= 4 is 5.91 Å². The van der Waals surface area contributed by atoms with Gasteiger partial charge in [0.05, 0.1) is 0 Å². The van der Waals surface area contributed by atoms with E-state index >= 15 is 0 Å². The highest BCUT2D eigenvalue weighted by Gasteiger charge is 2.29.